The molecule has 1 aromatic heterocycles. The Balaban J connectivity index is 1.48. The second kappa shape index (κ2) is 6.87. The number of likely N-dealkylation sites (N-methyl/N-ethyl adjacent to an activating group) is 1. The van der Waals surface area contributed by atoms with Crippen LogP contribution in [0.4, 0.5) is 4.79 Å². The minimum atomic E-state index is -0.417. The molecule has 0 bridgehead atoms. The van der Waals surface area contributed by atoms with Gasteiger partial charge in [0.25, 0.3) is 0 Å². The van der Waals surface area contributed by atoms with E-state index in [4.69, 9.17) is 4.74 Å². The van der Waals surface area contributed by atoms with Gasteiger partial charge in [-0.15, -0.1) is 0 Å². The number of nitrogens with zero attached hydrogens (tertiary/aromatic N) is 4. The molecule has 3 aliphatic heterocycles. The predicted molar refractivity (Wildman–Crippen MR) is 95.4 cm³/mol. The number of aromatic nitrogens is 1. The Morgan fingerprint density at radius 1 is 1.23 bits per heavy atom. The first-order chi connectivity index (χ1) is 12.6. The number of rotatable bonds is 3. The van der Waals surface area contributed by atoms with Gasteiger partial charge < -0.3 is 14.5 Å². The van der Waals surface area contributed by atoms with Crippen LogP contribution in [-0.4, -0.2) is 77.1 Å². The maximum absolute atomic E-state index is 13.4. The normalized spacial score (nSPS) is 24.1. The summed E-state index contributed by atoms with van der Waals surface area (Å²) in [5.74, 6) is 0.146. The Labute approximate surface area is 153 Å². The number of likely N-dealkylation sites (tertiary alicyclic amines) is 2. The molecule has 3 saturated heterocycles. The van der Waals surface area contributed by atoms with E-state index in [1.807, 2.05) is 17.0 Å². The van der Waals surface area contributed by atoms with E-state index in [1.54, 1.807) is 24.3 Å². The van der Waals surface area contributed by atoms with Crippen molar-refractivity contribution in [3.63, 3.8) is 0 Å². The molecule has 7 nitrogen and oxygen atoms in total. The van der Waals surface area contributed by atoms with Crippen molar-refractivity contribution in [1.82, 2.24) is 19.7 Å². The molecule has 0 unspecified atom stereocenters. The fraction of sp³-hybridized carbons (Fsp3) is 0.632. The summed E-state index contributed by atoms with van der Waals surface area (Å²) in [6, 6.07) is 3.63. The Bertz CT molecular complexity index is 667. The fourth-order valence-corrected chi connectivity index (χ4v) is 4.41. The third-order valence-electron chi connectivity index (χ3n) is 5.87. The second-order valence-corrected chi connectivity index (χ2v) is 7.66. The van der Waals surface area contributed by atoms with E-state index in [1.165, 1.54) is 0 Å². The van der Waals surface area contributed by atoms with E-state index < -0.39 is 5.60 Å². The quantitative estimate of drug-likeness (QED) is 0.822. The second-order valence-electron chi connectivity index (χ2n) is 7.66. The average Bonchev–Trinajstić information content (AvgIpc) is 3.26. The molecule has 0 aliphatic carbocycles. The molecular weight excluding hydrogens is 332 g/mol. The third-order valence-corrected chi connectivity index (χ3v) is 5.87. The highest BCUT2D eigenvalue weighted by atomic mass is 16.6. The Morgan fingerprint density at radius 3 is 2.54 bits per heavy atom. The molecule has 1 atom stereocenters. The van der Waals surface area contributed by atoms with Gasteiger partial charge in [-0.1, -0.05) is 6.07 Å². The van der Waals surface area contributed by atoms with Crippen LogP contribution in [0.3, 0.4) is 0 Å². The zero-order valence-corrected chi connectivity index (χ0v) is 15.3. The van der Waals surface area contributed by atoms with Crippen LogP contribution in [0.5, 0.6) is 0 Å². The van der Waals surface area contributed by atoms with E-state index >= 15 is 0 Å². The Hall–Kier alpha value is -2.15. The summed E-state index contributed by atoms with van der Waals surface area (Å²) in [5.41, 5.74) is 0.548. The van der Waals surface area contributed by atoms with Gasteiger partial charge in [0.2, 0.25) is 5.91 Å². The first-order valence-electron chi connectivity index (χ1n) is 9.45. The number of piperidine rings is 1. The van der Waals surface area contributed by atoms with Crippen LogP contribution >= 0.6 is 0 Å². The largest absolute Gasteiger partial charge is 0.441 e. The van der Waals surface area contributed by atoms with E-state index in [2.05, 4.69) is 9.88 Å². The monoisotopic (exact) mass is 358 g/mol. The molecule has 140 valence electrons. The molecule has 0 aromatic carbocycles. The van der Waals surface area contributed by atoms with Gasteiger partial charge in [0.1, 0.15) is 11.6 Å². The van der Waals surface area contributed by atoms with Gasteiger partial charge in [0, 0.05) is 45.4 Å². The molecule has 4 rings (SSSR count). The van der Waals surface area contributed by atoms with Crippen LogP contribution in [0.1, 0.15) is 37.3 Å². The lowest BCUT2D eigenvalue weighted by Crippen LogP contribution is -2.51. The van der Waals surface area contributed by atoms with Crippen LogP contribution in [0.25, 0.3) is 0 Å². The minimum absolute atomic E-state index is 0.146. The van der Waals surface area contributed by atoms with Crippen LogP contribution in [0.2, 0.25) is 0 Å². The molecule has 3 fully saturated rings. The predicted octanol–water partition coefficient (Wildman–Crippen LogP) is 1.66. The smallest absolute Gasteiger partial charge is 0.410 e. The van der Waals surface area contributed by atoms with Gasteiger partial charge >= 0.3 is 6.09 Å². The summed E-state index contributed by atoms with van der Waals surface area (Å²) in [6.45, 7) is 3.78. The summed E-state index contributed by atoms with van der Waals surface area (Å²) in [7, 11) is 1.76. The van der Waals surface area contributed by atoms with Crippen molar-refractivity contribution in [1.29, 1.82) is 0 Å². The van der Waals surface area contributed by atoms with Crippen LogP contribution in [-0.2, 0) is 9.53 Å². The average molecular weight is 358 g/mol. The summed E-state index contributed by atoms with van der Waals surface area (Å²) in [6.07, 6.45) is 6.97. The highest BCUT2D eigenvalue weighted by Crippen LogP contribution is 2.34. The van der Waals surface area contributed by atoms with Crippen molar-refractivity contribution >= 4 is 12.0 Å². The number of carbonyl (C=O) groups excluding carboxylic acids is 2. The molecular formula is C19H26N4O3. The van der Waals surface area contributed by atoms with E-state index in [9.17, 15) is 9.59 Å². The van der Waals surface area contributed by atoms with Crippen LogP contribution < -0.4 is 0 Å². The van der Waals surface area contributed by atoms with Crippen molar-refractivity contribution in [3.8, 4) is 0 Å². The lowest BCUT2D eigenvalue weighted by atomic mass is 9.90. The van der Waals surface area contributed by atoms with Crippen molar-refractivity contribution in [3.05, 3.63) is 30.1 Å². The maximum Gasteiger partial charge on any atom is 0.410 e. The molecule has 0 N–H and O–H groups in total. The lowest BCUT2D eigenvalue weighted by molar-refractivity contribution is -0.140. The van der Waals surface area contributed by atoms with E-state index in [-0.39, 0.29) is 18.0 Å². The first-order valence-corrected chi connectivity index (χ1v) is 9.45. The molecule has 1 aromatic rings. The molecule has 7 heteroatoms. The molecule has 3 aliphatic rings. The SMILES string of the molecule is CN1CC2(CCN(C(=O)[C@H](c3cccnc3)N3CCCC3)CC2)OC1=O. The van der Waals surface area contributed by atoms with Gasteiger partial charge in [0.05, 0.1) is 6.54 Å². The topological polar surface area (TPSA) is 66.0 Å². The summed E-state index contributed by atoms with van der Waals surface area (Å²) in [5, 5.41) is 0. The zero-order valence-electron chi connectivity index (χ0n) is 15.3. The number of ether oxygens (including phenoxy) is 1. The molecule has 1 spiro atoms. The van der Waals surface area contributed by atoms with Crippen molar-refractivity contribution < 1.29 is 14.3 Å². The van der Waals surface area contributed by atoms with Gasteiger partial charge in [0.15, 0.2) is 0 Å². The number of amides is 2. The zero-order chi connectivity index (χ0) is 18.1. The molecule has 2 amide bonds. The van der Waals surface area contributed by atoms with E-state index in [0.29, 0.717) is 32.5 Å². The first kappa shape index (κ1) is 17.3. The number of hydrogen-bond acceptors (Lipinski definition) is 5. The van der Waals surface area contributed by atoms with Crippen molar-refractivity contribution in [2.24, 2.45) is 0 Å². The number of hydrogen-bond donors (Lipinski definition) is 0. The maximum atomic E-state index is 13.4. The highest BCUT2D eigenvalue weighted by molar-refractivity contribution is 5.83. The molecule has 0 radical (unpaired) electrons. The number of carbonyl (C=O) groups is 2. The van der Waals surface area contributed by atoms with E-state index in [0.717, 1.165) is 31.5 Å². The molecule has 0 saturated carbocycles. The summed E-state index contributed by atoms with van der Waals surface area (Å²) >= 11 is 0. The highest BCUT2D eigenvalue weighted by Gasteiger charge is 2.47. The minimum Gasteiger partial charge on any atom is -0.441 e. The molecule has 26 heavy (non-hydrogen) atoms. The van der Waals surface area contributed by atoms with Crippen molar-refractivity contribution in [2.45, 2.75) is 37.3 Å². The van der Waals surface area contributed by atoms with Gasteiger partial charge in [-0.2, -0.15) is 0 Å². The van der Waals surface area contributed by atoms with Crippen LogP contribution in [0, 0.1) is 0 Å². The lowest BCUT2D eigenvalue weighted by Gasteiger charge is -2.40. The Kier molecular flexibility index (Phi) is 4.56. The summed E-state index contributed by atoms with van der Waals surface area (Å²) in [4.78, 5) is 35.1. The third kappa shape index (κ3) is 3.16. The van der Waals surface area contributed by atoms with Crippen LogP contribution in [0.15, 0.2) is 24.5 Å². The van der Waals surface area contributed by atoms with Crippen molar-refractivity contribution in [2.75, 3.05) is 39.8 Å². The fourth-order valence-electron chi connectivity index (χ4n) is 4.41. The Morgan fingerprint density at radius 2 is 1.96 bits per heavy atom. The molecule has 4 heterocycles. The number of pyridine rings is 1. The van der Waals surface area contributed by atoms with Gasteiger partial charge in [-0.25, -0.2) is 4.79 Å². The van der Waals surface area contributed by atoms with Gasteiger partial charge in [-0.05, 0) is 37.6 Å². The summed E-state index contributed by atoms with van der Waals surface area (Å²) < 4.78 is 5.60. The van der Waals surface area contributed by atoms with Gasteiger partial charge in [-0.3, -0.25) is 14.7 Å². The standard InChI is InChI=1S/C19H26N4O3/c1-21-14-19(26-18(21)25)6-11-23(12-7-19)17(24)16(22-9-2-3-10-22)15-5-4-8-20-13-15/h4-5,8,13,16H,2-3,6-7,9-12,14H2,1H3/t16-/m0/s1.